The smallest absolute Gasteiger partial charge is 0.227 e. The number of hydrogen-bond donors (Lipinski definition) is 0. The van der Waals surface area contributed by atoms with Gasteiger partial charge in [-0.15, -0.1) is 0 Å². The zero-order chi connectivity index (χ0) is 8.27. The fraction of sp³-hybridized carbons (Fsp3) is 0.875. The van der Waals surface area contributed by atoms with E-state index in [0.29, 0.717) is 6.61 Å². The van der Waals surface area contributed by atoms with Gasteiger partial charge >= 0.3 is 0 Å². The van der Waals surface area contributed by atoms with Crippen molar-refractivity contribution >= 4 is 5.91 Å². The van der Waals surface area contributed by atoms with Crippen LogP contribution in [0.25, 0.3) is 0 Å². The Bertz CT molecular complexity index is 139. The molecule has 1 atom stereocenters. The van der Waals surface area contributed by atoms with Gasteiger partial charge in [-0.3, -0.25) is 4.79 Å². The van der Waals surface area contributed by atoms with Crippen LogP contribution in [0.2, 0.25) is 0 Å². The molecule has 0 aromatic heterocycles. The molecule has 0 bridgehead atoms. The van der Waals surface area contributed by atoms with Gasteiger partial charge in [0.25, 0.3) is 0 Å². The second-order valence-electron chi connectivity index (χ2n) is 3.15. The summed E-state index contributed by atoms with van der Waals surface area (Å²) in [6.45, 7) is 1.42. The van der Waals surface area contributed by atoms with E-state index >= 15 is 0 Å². The summed E-state index contributed by atoms with van der Waals surface area (Å²) in [6, 6.07) is 0. The maximum atomic E-state index is 11.3. The van der Waals surface area contributed by atoms with Gasteiger partial charge in [0.1, 0.15) is 0 Å². The fourth-order valence-electron chi connectivity index (χ4n) is 1.30. The third-order valence-corrected chi connectivity index (χ3v) is 1.95. The quantitative estimate of drug-likeness (QED) is 0.554. The minimum absolute atomic E-state index is 0.110. The Hall–Kier alpha value is -0.570. The highest BCUT2D eigenvalue weighted by Gasteiger charge is 2.22. The molecule has 3 heteroatoms. The van der Waals surface area contributed by atoms with Crippen molar-refractivity contribution in [3.63, 3.8) is 0 Å². The van der Waals surface area contributed by atoms with E-state index in [-0.39, 0.29) is 11.8 Å². The van der Waals surface area contributed by atoms with Gasteiger partial charge in [0, 0.05) is 20.7 Å². The first-order chi connectivity index (χ1) is 5.22. The standard InChI is InChI=1S/C8H15NO2/c1-9(2)8(10)7-4-3-5-11-6-7/h7H,3-6H2,1-2H3. The maximum absolute atomic E-state index is 11.3. The lowest BCUT2D eigenvalue weighted by atomic mass is 10.0. The number of ether oxygens (including phenoxy) is 1. The van der Waals surface area contributed by atoms with Gasteiger partial charge in [-0.2, -0.15) is 0 Å². The molecule has 11 heavy (non-hydrogen) atoms. The zero-order valence-electron chi connectivity index (χ0n) is 7.17. The highest BCUT2D eigenvalue weighted by molar-refractivity contribution is 5.78. The van der Waals surface area contributed by atoms with Crippen molar-refractivity contribution in [2.75, 3.05) is 27.3 Å². The van der Waals surface area contributed by atoms with Crippen LogP contribution in [0.1, 0.15) is 12.8 Å². The lowest BCUT2D eigenvalue weighted by molar-refractivity contribution is -0.137. The Balaban J connectivity index is 2.39. The number of amides is 1. The summed E-state index contributed by atoms with van der Waals surface area (Å²) in [5.41, 5.74) is 0. The number of carbonyl (C=O) groups excluding carboxylic acids is 1. The van der Waals surface area contributed by atoms with Crippen LogP contribution in [0.15, 0.2) is 0 Å². The first-order valence-electron chi connectivity index (χ1n) is 4.00. The fourth-order valence-corrected chi connectivity index (χ4v) is 1.30. The largest absolute Gasteiger partial charge is 0.381 e. The highest BCUT2D eigenvalue weighted by atomic mass is 16.5. The molecule has 1 heterocycles. The SMILES string of the molecule is CN(C)C(=O)C1CCCOC1. The second-order valence-corrected chi connectivity index (χ2v) is 3.15. The molecule has 1 amide bonds. The molecule has 1 fully saturated rings. The molecule has 0 aromatic rings. The normalized spacial score (nSPS) is 24.7. The molecule has 1 rings (SSSR count). The Morgan fingerprint density at radius 2 is 2.27 bits per heavy atom. The Kier molecular flexibility index (Phi) is 2.88. The lowest BCUT2D eigenvalue weighted by Gasteiger charge is -2.23. The van der Waals surface area contributed by atoms with Crippen LogP contribution in [0.3, 0.4) is 0 Å². The van der Waals surface area contributed by atoms with Gasteiger partial charge in [-0.05, 0) is 12.8 Å². The average Bonchev–Trinajstić information content (AvgIpc) is 2.05. The van der Waals surface area contributed by atoms with Crippen LogP contribution < -0.4 is 0 Å². The van der Waals surface area contributed by atoms with Crippen molar-refractivity contribution in [1.82, 2.24) is 4.90 Å². The van der Waals surface area contributed by atoms with Crippen LogP contribution >= 0.6 is 0 Å². The summed E-state index contributed by atoms with van der Waals surface area (Å²) in [5, 5.41) is 0. The van der Waals surface area contributed by atoms with Crippen molar-refractivity contribution in [3.8, 4) is 0 Å². The first-order valence-corrected chi connectivity index (χ1v) is 4.00. The summed E-state index contributed by atoms with van der Waals surface area (Å²) in [7, 11) is 3.58. The van der Waals surface area contributed by atoms with Crippen LogP contribution in [0.5, 0.6) is 0 Å². The van der Waals surface area contributed by atoms with Gasteiger partial charge in [0.05, 0.1) is 12.5 Å². The molecule has 0 radical (unpaired) electrons. The average molecular weight is 157 g/mol. The zero-order valence-corrected chi connectivity index (χ0v) is 7.17. The molecular formula is C8H15NO2. The Morgan fingerprint density at radius 3 is 2.73 bits per heavy atom. The molecule has 0 aromatic carbocycles. The third kappa shape index (κ3) is 2.19. The minimum atomic E-state index is 0.110. The van der Waals surface area contributed by atoms with Crippen molar-refractivity contribution in [1.29, 1.82) is 0 Å². The molecule has 64 valence electrons. The highest BCUT2D eigenvalue weighted by Crippen LogP contribution is 2.14. The van der Waals surface area contributed by atoms with Crippen molar-refractivity contribution in [2.45, 2.75) is 12.8 Å². The van der Waals surface area contributed by atoms with Crippen molar-refractivity contribution < 1.29 is 9.53 Å². The summed E-state index contributed by atoms with van der Waals surface area (Å²) >= 11 is 0. The van der Waals surface area contributed by atoms with E-state index in [1.165, 1.54) is 0 Å². The first kappa shape index (κ1) is 8.53. The van der Waals surface area contributed by atoms with Gasteiger partial charge < -0.3 is 9.64 Å². The van der Waals surface area contributed by atoms with Crippen LogP contribution in [-0.2, 0) is 9.53 Å². The van der Waals surface area contributed by atoms with Crippen LogP contribution in [-0.4, -0.2) is 38.1 Å². The van der Waals surface area contributed by atoms with Crippen LogP contribution in [0.4, 0.5) is 0 Å². The molecular weight excluding hydrogens is 142 g/mol. The van der Waals surface area contributed by atoms with Crippen LogP contribution in [0, 0.1) is 5.92 Å². The van der Waals surface area contributed by atoms with Crippen molar-refractivity contribution in [3.05, 3.63) is 0 Å². The number of carbonyl (C=O) groups is 1. The van der Waals surface area contributed by atoms with Gasteiger partial charge in [0.15, 0.2) is 0 Å². The minimum Gasteiger partial charge on any atom is -0.381 e. The van der Waals surface area contributed by atoms with E-state index in [4.69, 9.17) is 4.74 Å². The van der Waals surface area contributed by atoms with Gasteiger partial charge in [-0.1, -0.05) is 0 Å². The topological polar surface area (TPSA) is 29.5 Å². The molecule has 1 aliphatic rings. The lowest BCUT2D eigenvalue weighted by Crippen LogP contribution is -2.34. The predicted octanol–water partition coefficient (Wildman–Crippen LogP) is 0.501. The van der Waals surface area contributed by atoms with Crippen molar-refractivity contribution in [2.24, 2.45) is 5.92 Å². The molecule has 1 aliphatic heterocycles. The summed E-state index contributed by atoms with van der Waals surface area (Å²) in [4.78, 5) is 13.0. The summed E-state index contributed by atoms with van der Waals surface area (Å²) in [6.07, 6.45) is 2.00. The number of nitrogens with zero attached hydrogens (tertiary/aromatic N) is 1. The van der Waals surface area contributed by atoms with E-state index < -0.39 is 0 Å². The molecule has 1 saturated heterocycles. The molecule has 0 spiro atoms. The number of rotatable bonds is 1. The Labute approximate surface area is 67.3 Å². The van der Waals surface area contributed by atoms with Gasteiger partial charge in [-0.25, -0.2) is 0 Å². The van der Waals surface area contributed by atoms with E-state index in [1.54, 1.807) is 19.0 Å². The summed E-state index contributed by atoms with van der Waals surface area (Å²) < 4.78 is 5.21. The molecule has 1 unspecified atom stereocenters. The monoisotopic (exact) mass is 157 g/mol. The van der Waals surface area contributed by atoms with Gasteiger partial charge in [0.2, 0.25) is 5.91 Å². The molecule has 0 saturated carbocycles. The van der Waals surface area contributed by atoms with E-state index in [9.17, 15) is 4.79 Å². The summed E-state index contributed by atoms with van der Waals surface area (Å²) in [5.74, 6) is 0.309. The Morgan fingerprint density at radius 1 is 1.55 bits per heavy atom. The molecule has 0 N–H and O–H groups in total. The molecule has 3 nitrogen and oxygen atoms in total. The van der Waals surface area contributed by atoms with E-state index in [0.717, 1.165) is 19.4 Å². The number of hydrogen-bond acceptors (Lipinski definition) is 2. The second kappa shape index (κ2) is 3.72. The maximum Gasteiger partial charge on any atom is 0.227 e. The predicted molar refractivity (Wildman–Crippen MR) is 42.2 cm³/mol. The van der Waals surface area contributed by atoms with E-state index in [2.05, 4.69) is 0 Å². The third-order valence-electron chi connectivity index (χ3n) is 1.95. The molecule has 0 aliphatic carbocycles. The van der Waals surface area contributed by atoms with E-state index in [1.807, 2.05) is 0 Å².